The molecular weight excluding hydrogens is 246 g/mol. The van der Waals surface area contributed by atoms with E-state index >= 15 is 0 Å². The second-order valence-electron chi connectivity index (χ2n) is 5.11. The predicted molar refractivity (Wildman–Crippen MR) is 82.7 cm³/mol. The first-order valence-corrected chi connectivity index (χ1v) is 6.88. The summed E-state index contributed by atoms with van der Waals surface area (Å²) < 4.78 is 0. The van der Waals surface area contributed by atoms with E-state index in [0.29, 0.717) is 0 Å². The second-order valence-corrected chi connectivity index (χ2v) is 5.11. The highest BCUT2D eigenvalue weighted by Crippen LogP contribution is 2.27. The number of rotatable bonds is 2. The van der Waals surface area contributed by atoms with Crippen molar-refractivity contribution in [3.05, 3.63) is 71.3 Å². The third-order valence-electron chi connectivity index (χ3n) is 3.65. The van der Waals surface area contributed by atoms with Crippen LogP contribution in [0, 0.1) is 6.92 Å². The number of fused-ring (bicyclic) bond motifs is 1. The van der Waals surface area contributed by atoms with Gasteiger partial charge in [0.1, 0.15) is 0 Å². The van der Waals surface area contributed by atoms with E-state index in [0.717, 1.165) is 24.2 Å². The molecule has 0 saturated heterocycles. The van der Waals surface area contributed by atoms with Crippen LogP contribution < -0.4 is 4.90 Å². The molecule has 1 aliphatic heterocycles. The van der Waals surface area contributed by atoms with Gasteiger partial charge in [-0.25, -0.2) is 0 Å². The summed E-state index contributed by atoms with van der Waals surface area (Å²) in [5.41, 5.74) is 4.58. The molecule has 0 N–H and O–H groups in total. The first-order chi connectivity index (χ1) is 9.74. The number of carbonyl (C=O) groups is 1. The van der Waals surface area contributed by atoms with E-state index in [1.807, 2.05) is 41.3 Å². The van der Waals surface area contributed by atoms with E-state index in [2.05, 4.69) is 25.1 Å². The van der Waals surface area contributed by atoms with Crippen molar-refractivity contribution < 1.29 is 4.79 Å². The number of aryl methyl sites for hydroxylation is 1. The number of benzene rings is 2. The highest BCUT2D eigenvalue weighted by molar-refractivity contribution is 6.05. The van der Waals surface area contributed by atoms with E-state index in [9.17, 15) is 4.79 Å². The molecule has 2 aromatic rings. The van der Waals surface area contributed by atoms with Crippen LogP contribution in [0.3, 0.4) is 0 Å². The van der Waals surface area contributed by atoms with Crippen LogP contribution in [0.2, 0.25) is 0 Å². The van der Waals surface area contributed by atoms with Crippen LogP contribution in [0.25, 0.3) is 6.08 Å². The molecule has 100 valence electrons. The van der Waals surface area contributed by atoms with Crippen molar-refractivity contribution in [2.75, 3.05) is 11.4 Å². The van der Waals surface area contributed by atoms with Crippen LogP contribution in [0.15, 0.2) is 54.6 Å². The van der Waals surface area contributed by atoms with Crippen LogP contribution in [-0.4, -0.2) is 12.5 Å². The van der Waals surface area contributed by atoms with Crippen LogP contribution >= 0.6 is 0 Å². The Bertz CT molecular complexity index is 655. The summed E-state index contributed by atoms with van der Waals surface area (Å²) in [5.74, 6) is 0.0514. The summed E-state index contributed by atoms with van der Waals surface area (Å²) in [4.78, 5) is 14.1. The Kier molecular flexibility index (Phi) is 3.38. The van der Waals surface area contributed by atoms with Gasteiger partial charge in [0, 0.05) is 18.3 Å². The van der Waals surface area contributed by atoms with Gasteiger partial charge in [-0.2, -0.15) is 0 Å². The molecule has 0 saturated carbocycles. The van der Waals surface area contributed by atoms with Gasteiger partial charge in [-0.15, -0.1) is 0 Å². The van der Waals surface area contributed by atoms with Crippen LogP contribution in [-0.2, 0) is 11.2 Å². The second kappa shape index (κ2) is 5.33. The fourth-order valence-corrected chi connectivity index (χ4v) is 2.50. The Morgan fingerprint density at radius 2 is 1.85 bits per heavy atom. The molecule has 20 heavy (non-hydrogen) atoms. The molecule has 2 nitrogen and oxygen atoms in total. The number of para-hydroxylation sites is 1. The van der Waals surface area contributed by atoms with Gasteiger partial charge in [-0.3, -0.25) is 4.79 Å². The third-order valence-corrected chi connectivity index (χ3v) is 3.65. The zero-order valence-corrected chi connectivity index (χ0v) is 11.5. The van der Waals surface area contributed by atoms with E-state index in [1.165, 1.54) is 11.1 Å². The molecule has 3 rings (SSSR count). The quantitative estimate of drug-likeness (QED) is 0.758. The normalized spacial score (nSPS) is 13.8. The Hall–Kier alpha value is -2.35. The number of amides is 1. The maximum atomic E-state index is 12.3. The monoisotopic (exact) mass is 263 g/mol. The highest BCUT2D eigenvalue weighted by atomic mass is 16.2. The molecule has 0 unspecified atom stereocenters. The van der Waals surface area contributed by atoms with E-state index in [-0.39, 0.29) is 5.91 Å². The van der Waals surface area contributed by atoms with Gasteiger partial charge in [-0.05, 0) is 36.6 Å². The van der Waals surface area contributed by atoms with E-state index in [4.69, 9.17) is 0 Å². The van der Waals surface area contributed by atoms with Crippen molar-refractivity contribution in [1.82, 2.24) is 0 Å². The molecule has 0 aromatic heterocycles. The lowest BCUT2D eigenvalue weighted by Crippen LogP contribution is -2.26. The minimum Gasteiger partial charge on any atom is -0.308 e. The maximum Gasteiger partial charge on any atom is 0.251 e. The molecular formula is C18H17NO. The minimum absolute atomic E-state index is 0.0514. The van der Waals surface area contributed by atoms with Crippen molar-refractivity contribution in [1.29, 1.82) is 0 Å². The number of hydrogen-bond donors (Lipinski definition) is 0. The lowest BCUT2D eigenvalue weighted by molar-refractivity contribution is -0.114. The Morgan fingerprint density at radius 1 is 1.10 bits per heavy atom. The van der Waals surface area contributed by atoms with Crippen molar-refractivity contribution >= 4 is 17.7 Å². The average molecular weight is 263 g/mol. The molecule has 0 fully saturated rings. The van der Waals surface area contributed by atoms with Crippen LogP contribution in [0.1, 0.15) is 16.7 Å². The summed E-state index contributed by atoms with van der Waals surface area (Å²) >= 11 is 0. The smallest absolute Gasteiger partial charge is 0.251 e. The van der Waals surface area contributed by atoms with Gasteiger partial charge in [-0.1, -0.05) is 48.0 Å². The largest absolute Gasteiger partial charge is 0.308 e. The van der Waals surface area contributed by atoms with Crippen LogP contribution in [0.5, 0.6) is 0 Å². The molecule has 0 radical (unpaired) electrons. The molecule has 0 bridgehead atoms. The Morgan fingerprint density at radius 3 is 2.65 bits per heavy atom. The van der Waals surface area contributed by atoms with Crippen molar-refractivity contribution in [3.8, 4) is 0 Å². The summed E-state index contributed by atoms with van der Waals surface area (Å²) in [7, 11) is 0. The third kappa shape index (κ3) is 2.50. The molecule has 1 aliphatic rings. The molecule has 0 aliphatic carbocycles. The topological polar surface area (TPSA) is 20.3 Å². The van der Waals surface area contributed by atoms with Gasteiger partial charge in [0.2, 0.25) is 0 Å². The van der Waals surface area contributed by atoms with Crippen molar-refractivity contribution in [2.45, 2.75) is 13.3 Å². The first-order valence-electron chi connectivity index (χ1n) is 6.88. The predicted octanol–water partition coefficient (Wildman–Crippen LogP) is 3.60. The lowest BCUT2D eigenvalue weighted by Gasteiger charge is -2.14. The highest BCUT2D eigenvalue weighted by Gasteiger charge is 2.22. The molecule has 0 spiro atoms. The number of hydrogen-bond acceptors (Lipinski definition) is 1. The van der Waals surface area contributed by atoms with Gasteiger partial charge >= 0.3 is 0 Å². The zero-order chi connectivity index (χ0) is 13.9. The number of nitrogens with zero attached hydrogens (tertiary/aromatic N) is 1. The van der Waals surface area contributed by atoms with E-state index in [1.54, 1.807) is 6.08 Å². The van der Waals surface area contributed by atoms with Gasteiger partial charge in [0.25, 0.3) is 5.91 Å². The first kappa shape index (κ1) is 12.7. The SMILES string of the molecule is Cc1ccc(C=CC(=O)N2CCc3ccccc32)cc1. The molecule has 1 heterocycles. The van der Waals surface area contributed by atoms with Crippen LogP contribution in [0.4, 0.5) is 5.69 Å². The average Bonchev–Trinajstić information content (AvgIpc) is 2.90. The van der Waals surface area contributed by atoms with Gasteiger partial charge in [0.15, 0.2) is 0 Å². The standard InChI is InChI=1S/C18H17NO/c1-14-6-8-15(9-7-14)10-11-18(20)19-13-12-16-4-2-3-5-17(16)19/h2-11H,12-13H2,1H3. The Labute approximate surface area is 119 Å². The van der Waals surface area contributed by atoms with Crippen molar-refractivity contribution in [2.24, 2.45) is 0 Å². The number of anilines is 1. The molecule has 0 atom stereocenters. The van der Waals surface area contributed by atoms with Crippen molar-refractivity contribution in [3.63, 3.8) is 0 Å². The molecule has 1 amide bonds. The summed E-state index contributed by atoms with van der Waals surface area (Å²) in [6.07, 6.45) is 4.48. The summed E-state index contributed by atoms with van der Waals surface area (Å²) in [5, 5.41) is 0. The zero-order valence-electron chi connectivity index (χ0n) is 11.5. The number of carbonyl (C=O) groups excluding carboxylic acids is 1. The van der Waals surface area contributed by atoms with E-state index < -0.39 is 0 Å². The maximum absolute atomic E-state index is 12.3. The summed E-state index contributed by atoms with van der Waals surface area (Å²) in [6, 6.07) is 16.3. The molecule has 2 aromatic carbocycles. The lowest BCUT2D eigenvalue weighted by atomic mass is 10.1. The molecule has 2 heteroatoms. The van der Waals surface area contributed by atoms with Gasteiger partial charge < -0.3 is 4.90 Å². The fourth-order valence-electron chi connectivity index (χ4n) is 2.50. The minimum atomic E-state index is 0.0514. The van der Waals surface area contributed by atoms with Gasteiger partial charge in [0.05, 0.1) is 0 Å². The fraction of sp³-hybridized carbons (Fsp3) is 0.167. The Balaban J connectivity index is 1.76. The summed E-state index contributed by atoms with van der Waals surface area (Å²) in [6.45, 7) is 2.83.